The van der Waals surface area contributed by atoms with Crippen LogP contribution in [0.1, 0.15) is 26.7 Å². The Morgan fingerprint density at radius 3 is 2.70 bits per heavy atom. The summed E-state index contributed by atoms with van der Waals surface area (Å²) in [6.45, 7) is 3.89. The third kappa shape index (κ3) is 3.26. The predicted octanol–water partition coefficient (Wildman–Crippen LogP) is 3.01. The standard InChI is InChI=1S/C15H18F2N2O/c1-10(2)19-15(8-18,11-3-4-11)9-20-14-7-12(16)5-6-13(14)17/h5-7,10-11,19H,3-4,9H2,1-2H3. The lowest BCUT2D eigenvalue weighted by Gasteiger charge is -2.30. The molecule has 2 rings (SSSR count). The summed E-state index contributed by atoms with van der Waals surface area (Å²) in [5, 5.41) is 12.7. The number of nitrogens with zero attached hydrogens (tertiary/aromatic N) is 1. The Morgan fingerprint density at radius 2 is 2.15 bits per heavy atom. The Kier molecular flexibility index (Phi) is 4.24. The first-order chi connectivity index (χ1) is 9.47. The molecule has 1 fully saturated rings. The van der Waals surface area contributed by atoms with Crippen molar-refractivity contribution in [1.82, 2.24) is 5.32 Å². The number of ether oxygens (including phenoxy) is 1. The molecule has 5 heteroatoms. The zero-order valence-corrected chi connectivity index (χ0v) is 11.6. The first-order valence-corrected chi connectivity index (χ1v) is 6.73. The van der Waals surface area contributed by atoms with Crippen molar-refractivity contribution in [2.45, 2.75) is 38.3 Å². The van der Waals surface area contributed by atoms with Crippen LogP contribution in [-0.2, 0) is 0 Å². The average molecular weight is 280 g/mol. The molecule has 0 heterocycles. The molecule has 1 aliphatic rings. The molecule has 1 N–H and O–H groups in total. The SMILES string of the molecule is CC(C)NC(C#N)(COc1cc(F)ccc1F)C1CC1. The van der Waals surface area contributed by atoms with E-state index in [-0.39, 0.29) is 24.3 Å². The second-order valence-electron chi connectivity index (χ2n) is 5.52. The molecular formula is C15H18F2N2O. The Labute approximate surface area is 117 Å². The maximum Gasteiger partial charge on any atom is 0.165 e. The summed E-state index contributed by atoms with van der Waals surface area (Å²) in [6.07, 6.45) is 1.89. The van der Waals surface area contributed by atoms with E-state index in [2.05, 4.69) is 11.4 Å². The summed E-state index contributed by atoms with van der Waals surface area (Å²) in [4.78, 5) is 0. The van der Waals surface area contributed by atoms with Crippen LogP contribution in [-0.4, -0.2) is 18.2 Å². The molecule has 0 radical (unpaired) electrons. The Bertz CT molecular complexity index is 523. The van der Waals surface area contributed by atoms with Crippen LogP contribution in [0.3, 0.4) is 0 Å². The molecule has 1 aromatic rings. The normalized spacial score (nSPS) is 17.6. The maximum absolute atomic E-state index is 13.5. The van der Waals surface area contributed by atoms with Crippen molar-refractivity contribution < 1.29 is 13.5 Å². The van der Waals surface area contributed by atoms with Gasteiger partial charge in [0, 0.05) is 12.1 Å². The molecule has 1 saturated carbocycles. The third-order valence-corrected chi connectivity index (χ3v) is 3.37. The number of benzene rings is 1. The molecule has 1 aliphatic carbocycles. The molecule has 3 nitrogen and oxygen atoms in total. The zero-order chi connectivity index (χ0) is 14.8. The average Bonchev–Trinajstić information content (AvgIpc) is 3.22. The predicted molar refractivity (Wildman–Crippen MR) is 71.2 cm³/mol. The fraction of sp³-hybridized carbons (Fsp3) is 0.533. The molecule has 1 atom stereocenters. The van der Waals surface area contributed by atoms with E-state index in [1.807, 2.05) is 13.8 Å². The van der Waals surface area contributed by atoms with Gasteiger partial charge in [0.2, 0.25) is 0 Å². The highest BCUT2D eigenvalue weighted by molar-refractivity contribution is 5.26. The zero-order valence-electron chi connectivity index (χ0n) is 11.6. The summed E-state index contributed by atoms with van der Waals surface area (Å²) in [5.41, 5.74) is -0.840. The van der Waals surface area contributed by atoms with Crippen molar-refractivity contribution >= 4 is 0 Å². The van der Waals surface area contributed by atoms with Gasteiger partial charge in [0.15, 0.2) is 11.6 Å². The van der Waals surface area contributed by atoms with Crippen LogP contribution in [0.5, 0.6) is 5.75 Å². The molecule has 20 heavy (non-hydrogen) atoms. The molecule has 0 saturated heterocycles. The number of hydrogen-bond acceptors (Lipinski definition) is 3. The largest absolute Gasteiger partial charge is 0.487 e. The van der Waals surface area contributed by atoms with Gasteiger partial charge in [-0.25, -0.2) is 8.78 Å². The van der Waals surface area contributed by atoms with E-state index in [9.17, 15) is 14.0 Å². The summed E-state index contributed by atoms with van der Waals surface area (Å²) in [7, 11) is 0. The molecular weight excluding hydrogens is 262 g/mol. The van der Waals surface area contributed by atoms with E-state index < -0.39 is 17.2 Å². The van der Waals surface area contributed by atoms with Crippen LogP contribution in [0, 0.1) is 28.9 Å². The second-order valence-corrected chi connectivity index (χ2v) is 5.52. The minimum absolute atomic E-state index is 0.00667. The number of halogens is 2. The Hall–Kier alpha value is -1.67. The third-order valence-electron chi connectivity index (χ3n) is 3.37. The van der Waals surface area contributed by atoms with Gasteiger partial charge in [-0.05, 0) is 44.7 Å². The first-order valence-electron chi connectivity index (χ1n) is 6.73. The summed E-state index contributed by atoms with van der Waals surface area (Å²) in [6, 6.07) is 5.42. The lowest BCUT2D eigenvalue weighted by Crippen LogP contribution is -2.53. The number of nitriles is 1. The molecule has 0 amide bonds. The molecule has 1 unspecified atom stereocenters. The first kappa shape index (κ1) is 14.7. The maximum atomic E-state index is 13.5. The van der Waals surface area contributed by atoms with Crippen LogP contribution in [0.25, 0.3) is 0 Å². The minimum atomic E-state index is -0.840. The van der Waals surface area contributed by atoms with Gasteiger partial charge in [0.25, 0.3) is 0 Å². The van der Waals surface area contributed by atoms with Crippen molar-refractivity contribution in [3.05, 3.63) is 29.8 Å². The highest BCUT2D eigenvalue weighted by atomic mass is 19.1. The van der Waals surface area contributed by atoms with Crippen LogP contribution in [0.2, 0.25) is 0 Å². The van der Waals surface area contributed by atoms with Gasteiger partial charge in [0.05, 0.1) is 6.07 Å². The molecule has 108 valence electrons. The van der Waals surface area contributed by atoms with Gasteiger partial charge in [-0.15, -0.1) is 0 Å². The van der Waals surface area contributed by atoms with E-state index in [4.69, 9.17) is 4.74 Å². The van der Waals surface area contributed by atoms with Crippen LogP contribution < -0.4 is 10.1 Å². The number of rotatable bonds is 6. The van der Waals surface area contributed by atoms with Gasteiger partial charge in [-0.2, -0.15) is 5.26 Å². The van der Waals surface area contributed by atoms with Crippen LogP contribution >= 0.6 is 0 Å². The minimum Gasteiger partial charge on any atom is -0.487 e. The monoisotopic (exact) mass is 280 g/mol. The van der Waals surface area contributed by atoms with Gasteiger partial charge >= 0.3 is 0 Å². The Balaban J connectivity index is 2.13. The van der Waals surface area contributed by atoms with Crippen molar-refractivity contribution in [2.75, 3.05) is 6.61 Å². The van der Waals surface area contributed by atoms with Gasteiger partial charge in [0.1, 0.15) is 18.0 Å². The molecule has 0 aromatic heterocycles. The Morgan fingerprint density at radius 1 is 1.45 bits per heavy atom. The van der Waals surface area contributed by atoms with E-state index in [1.165, 1.54) is 0 Å². The van der Waals surface area contributed by atoms with Crippen molar-refractivity contribution in [2.24, 2.45) is 5.92 Å². The quantitative estimate of drug-likeness (QED) is 0.871. The fourth-order valence-corrected chi connectivity index (χ4v) is 2.30. The number of nitrogens with one attached hydrogen (secondary N) is 1. The van der Waals surface area contributed by atoms with Crippen LogP contribution in [0.4, 0.5) is 8.78 Å². The summed E-state index contributed by atoms with van der Waals surface area (Å²) >= 11 is 0. The smallest absolute Gasteiger partial charge is 0.165 e. The van der Waals surface area contributed by atoms with E-state index in [0.717, 1.165) is 31.0 Å². The lowest BCUT2D eigenvalue weighted by atomic mass is 9.95. The fourth-order valence-electron chi connectivity index (χ4n) is 2.30. The van der Waals surface area contributed by atoms with E-state index >= 15 is 0 Å². The van der Waals surface area contributed by atoms with Crippen molar-refractivity contribution in [3.63, 3.8) is 0 Å². The molecule has 0 aliphatic heterocycles. The van der Waals surface area contributed by atoms with Crippen molar-refractivity contribution in [3.8, 4) is 11.8 Å². The molecule has 0 bridgehead atoms. The van der Waals surface area contributed by atoms with Gasteiger partial charge < -0.3 is 4.74 Å². The molecule has 0 spiro atoms. The highest BCUT2D eigenvalue weighted by Crippen LogP contribution is 2.40. The van der Waals surface area contributed by atoms with E-state index in [0.29, 0.717) is 0 Å². The topological polar surface area (TPSA) is 45.0 Å². The van der Waals surface area contributed by atoms with E-state index in [1.54, 1.807) is 0 Å². The number of hydrogen-bond donors (Lipinski definition) is 1. The highest BCUT2D eigenvalue weighted by Gasteiger charge is 2.47. The van der Waals surface area contributed by atoms with Gasteiger partial charge in [-0.3, -0.25) is 5.32 Å². The lowest BCUT2D eigenvalue weighted by molar-refractivity contribution is 0.186. The van der Waals surface area contributed by atoms with Crippen LogP contribution in [0.15, 0.2) is 18.2 Å². The van der Waals surface area contributed by atoms with Crippen molar-refractivity contribution in [1.29, 1.82) is 5.26 Å². The molecule has 1 aromatic carbocycles. The second kappa shape index (κ2) is 5.76. The summed E-state index contributed by atoms with van der Waals surface area (Å²) in [5.74, 6) is -1.15. The van der Waals surface area contributed by atoms with Gasteiger partial charge in [-0.1, -0.05) is 0 Å². The summed E-state index contributed by atoms with van der Waals surface area (Å²) < 4.78 is 32.0.